The van der Waals surface area contributed by atoms with E-state index in [9.17, 15) is 0 Å². The molecule has 142 valence electrons. The molecule has 0 spiro atoms. The largest absolute Gasteiger partial charge is 0.355 e. The molecule has 0 aromatic rings. The molecule has 1 unspecified atom stereocenters. The zero-order valence-electron chi connectivity index (χ0n) is 16.1. The lowest BCUT2D eigenvalue weighted by Gasteiger charge is -2.38. The molecule has 0 amide bonds. The zero-order chi connectivity index (χ0) is 16.7. The van der Waals surface area contributed by atoms with Crippen molar-refractivity contribution in [3.05, 3.63) is 0 Å². The van der Waals surface area contributed by atoms with E-state index < -0.39 is 0 Å². The minimum Gasteiger partial charge on any atom is -0.355 e. The Bertz CT molecular complexity index is 368. The molecule has 1 heterocycles. The van der Waals surface area contributed by atoms with E-state index in [1.165, 1.54) is 45.1 Å². The van der Waals surface area contributed by atoms with E-state index in [4.69, 9.17) is 0 Å². The van der Waals surface area contributed by atoms with Gasteiger partial charge in [-0.3, -0.25) is 9.89 Å². The number of hydrogen-bond acceptors (Lipinski definition) is 3. The van der Waals surface area contributed by atoms with E-state index >= 15 is 0 Å². The lowest BCUT2D eigenvalue weighted by Crippen LogP contribution is -2.56. The van der Waals surface area contributed by atoms with Crippen molar-refractivity contribution < 1.29 is 0 Å². The average molecular weight is 451 g/mol. The molecule has 0 radical (unpaired) electrons. The van der Waals surface area contributed by atoms with Gasteiger partial charge in [0.25, 0.3) is 0 Å². The molecule has 1 saturated heterocycles. The summed E-state index contributed by atoms with van der Waals surface area (Å²) in [5.41, 5.74) is 0. The van der Waals surface area contributed by atoms with Crippen LogP contribution in [0, 0.1) is 5.92 Å². The first-order valence-corrected chi connectivity index (χ1v) is 9.48. The van der Waals surface area contributed by atoms with Crippen LogP contribution in [-0.2, 0) is 0 Å². The number of aliphatic imine (C=N–C) groups is 1. The molecule has 1 atom stereocenters. The molecule has 24 heavy (non-hydrogen) atoms. The van der Waals surface area contributed by atoms with Crippen LogP contribution < -0.4 is 10.6 Å². The number of rotatable bonds is 5. The van der Waals surface area contributed by atoms with Gasteiger partial charge in [0.15, 0.2) is 5.96 Å². The fraction of sp³-hybridized carbons (Fsp3) is 0.944. The number of nitrogens with zero attached hydrogens (tertiary/aromatic N) is 3. The summed E-state index contributed by atoms with van der Waals surface area (Å²) in [6.07, 6.45) is 8.06. The van der Waals surface area contributed by atoms with Crippen LogP contribution in [0.25, 0.3) is 0 Å². The van der Waals surface area contributed by atoms with Gasteiger partial charge in [0.2, 0.25) is 0 Å². The van der Waals surface area contributed by atoms with Gasteiger partial charge in [0.05, 0.1) is 0 Å². The summed E-state index contributed by atoms with van der Waals surface area (Å²) in [5, 5.41) is 7.18. The highest BCUT2D eigenvalue weighted by Crippen LogP contribution is 2.27. The lowest BCUT2D eigenvalue weighted by molar-refractivity contribution is 0.116. The van der Waals surface area contributed by atoms with Crippen LogP contribution in [-0.4, -0.2) is 75.2 Å². The van der Waals surface area contributed by atoms with Crippen molar-refractivity contribution in [2.75, 3.05) is 47.3 Å². The highest BCUT2D eigenvalue weighted by molar-refractivity contribution is 14.0. The molecule has 1 aliphatic heterocycles. The van der Waals surface area contributed by atoms with Gasteiger partial charge in [0.1, 0.15) is 0 Å². The molecule has 2 fully saturated rings. The second-order valence-electron chi connectivity index (χ2n) is 7.50. The first-order chi connectivity index (χ1) is 11.1. The Morgan fingerprint density at radius 1 is 1.12 bits per heavy atom. The normalized spacial score (nSPS) is 29.8. The first kappa shape index (κ1) is 22.0. The van der Waals surface area contributed by atoms with Gasteiger partial charge in [-0.15, -0.1) is 24.0 Å². The van der Waals surface area contributed by atoms with Gasteiger partial charge >= 0.3 is 0 Å². The average Bonchev–Trinajstić information content (AvgIpc) is 2.56. The van der Waals surface area contributed by atoms with Crippen LogP contribution in [0.5, 0.6) is 0 Å². The van der Waals surface area contributed by atoms with E-state index in [0.717, 1.165) is 31.5 Å². The molecule has 5 nitrogen and oxygen atoms in total. The van der Waals surface area contributed by atoms with Crippen LogP contribution in [0.3, 0.4) is 0 Å². The van der Waals surface area contributed by atoms with Crippen molar-refractivity contribution in [1.82, 2.24) is 20.4 Å². The van der Waals surface area contributed by atoms with Gasteiger partial charge in [-0.1, -0.05) is 19.8 Å². The predicted molar refractivity (Wildman–Crippen MR) is 114 cm³/mol. The Morgan fingerprint density at radius 2 is 1.83 bits per heavy atom. The maximum Gasteiger partial charge on any atom is 0.191 e. The zero-order valence-corrected chi connectivity index (χ0v) is 18.4. The molecule has 2 rings (SSSR count). The van der Waals surface area contributed by atoms with E-state index in [1.54, 1.807) is 0 Å². The van der Waals surface area contributed by atoms with E-state index in [-0.39, 0.29) is 24.0 Å². The molecule has 0 aromatic carbocycles. The number of piperazine rings is 1. The van der Waals surface area contributed by atoms with Gasteiger partial charge in [-0.25, -0.2) is 0 Å². The number of guanidine groups is 1. The summed E-state index contributed by atoms with van der Waals surface area (Å²) in [7, 11) is 6.32. The van der Waals surface area contributed by atoms with Gasteiger partial charge in [-0.2, -0.15) is 0 Å². The predicted octanol–water partition coefficient (Wildman–Crippen LogP) is 2.37. The monoisotopic (exact) mass is 451 g/mol. The number of halogens is 1. The smallest absolute Gasteiger partial charge is 0.191 e. The SMILES string of the molecule is CCCC1CCC(NC(=NC)NCC2CN(C)CCN2C)CC1.I. The third kappa shape index (κ3) is 7.04. The molecule has 0 aromatic heterocycles. The standard InChI is InChI=1S/C18H37N5.HI/c1-5-6-15-7-9-16(10-8-15)21-18(19-2)20-13-17-14-22(3)11-12-23(17)4;/h15-17H,5-14H2,1-4H3,(H2,19,20,21);1H. The Labute approximate surface area is 166 Å². The van der Waals surface area contributed by atoms with E-state index in [0.29, 0.717) is 12.1 Å². The van der Waals surface area contributed by atoms with Crippen molar-refractivity contribution >= 4 is 29.9 Å². The van der Waals surface area contributed by atoms with Gasteiger partial charge in [-0.05, 0) is 45.7 Å². The van der Waals surface area contributed by atoms with Crippen LogP contribution >= 0.6 is 24.0 Å². The maximum atomic E-state index is 4.43. The molecule has 1 saturated carbocycles. The van der Waals surface area contributed by atoms with Crippen LogP contribution in [0.15, 0.2) is 4.99 Å². The Kier molecular flexibility index (Phi) is 10.5. The molecular formula is C18H38IN5. The van der Waals surface area contributed by atoms with E-state index in [1.807, 2.05) is 7.05 Å². The Balaban J connectivity index is 0.00000288. The van der Waals surface area contributed by atoms with Gasteiger partial charge in [0, 0.05) is 45.3 Å². The van der Waals surface area contributed by atoms with Crippen molar-refractivity contribution in [2.45, 2.75) is 57.5 Å². The van der Waals surface area contributed by atoms with E-state index in [2.05, 4.69) is 46.4 Å². The summed E-state index contributed by atoms with van der Waals surface area (Å²) in [4.78, 5) is 9.30. The van der Waals surface area contributed by atoms with Gasteiger partial charge < -0.3 is 15.5 Å². The summed E-state index contributed by atoms with van der Waals surface area (Å²) in [5.74, 6) is 1.94. The van der Waals surface area contributed by atoms with Crippen LogP contribution in [0.4, 0.5) is 0 Å². The molecule has 0 bridgehead atoms. The fourth-order valence-corrected chi connectivity index (χ4v) is 3.93. The summed E-state index contributed by atoms with van der Waals surface area (Å²) in [6, 6.07) is 1.16. The maximum absolute atomic E-state index is 4.43. The second kappa shape index (κ2) is 11.5. The molecule has 6 heteroatoms. The number of likely N-dealkylation sites (N-methyl/N-ethyl adjacent to an activating group) is 2. The van der Waals surface area contributed by atoms with Crippen molar-refractivity contribution in [2.24, 2.45) is 10.9 Å². The fourth-order valence-electron chi connectivity index (χ4n) is 3.93. The number of hydrogen-bond donors (Lipinski definition) is 2. The summed E-state index contributed by atoms with van der Waals surface area (Å²) >= 11 is 0. The third-order valence-corrected chi connectivity index (χ3v) is 5.59. The quantitative estimate of drug-likeness (QED) is 0.383. The van der Waals surface area contributed by atoms with Crippen LogP contribution in [0.1, 0.15) is 45.4 Å². The topological polar surface area (TPSA) is 42.9 Å². The van der Waals surface area contributed by atoms with Crippen molar-refractivity contribution in [3.8, 4) is 0 Å². The highest BCUT2D eigenvalue weighted by atomic mass is 127. The molecule has 2 N–H and O–H groups in total. The molecule has 2 aliphatic rings. The Hall–Kier alpha value is -0.0800. The lowest BCUT2D eigenvalue weighted by atomic mass is 9.83. The molecule has 1 aliphatic carbocycles. The van der Waals surface area contributed by atoms with Crippen LogP contribution in [0.2, 0.25) is 0 Å². The van der Waals surface area contributed by atoms with Crippen molar-refractivity contribution in [1.29, 1.82) is 0 Å². The third-order valence-electron chi connectivity index (χ3n) is 5.59. The minimum absolute atomic E-state index is 0. The first-order valence-electron chi connectivity index (χ1n) is 9.48. The minimum atomic E-state index is 0. The highest BCUT2D eigenvalue weighted by Gasteiger charge is 2.24. The van der Waals surface area contributed by atoms with Crippen molar-refractivity contribution in [3.63, 3.8) is 0 Å². The summed E-state index contributed by atoms with van der Waals surface area (Å²) < 4.78 is 0. The number of nitrogens with one attached hydrogen (secondary N) is 2. The summed E-state index contributed by atoms with van der Waals surface area (Å²) in [6.45, 7) is 6.71. The molecular weight excluding hydrogens is 413 g/mol. The Morgan fingerprint density at radius 3 is 2.46 bits per heavy atom. The second-order valence-corrected chi connectivity index (χ2v) is 7.50.